The highest BCUT2D eigenvalue weighted by Gasteiger charge is 2.31. The third kappa shape index (κ3) is 3.31. The van der Waals surface area contributed by atoms with Crippen LogP contribution in [0.3, 0.4) is 0 Å². The maximum atomic E-state index is 14.8. The fourth-order valence-corrected chi connectivity index (χ4v) is 4.70. The summed E-state index contributed by atoms with van der Waals surface area (Å²) in [7, 11) is 1.95. The van der Waals surface area contributed by atoms with Gasteiger partial charge in [0.2, 0.25) is 0 Å². The lowest BCUT2D eigenvalue weighted by Crippen LogP contribution is -2.39. The zero-order chi connectivity index (χ0) is 19.1. The number of anilines is 2. The highest BCUT2D eigenvalue weighted by molar-refractivity contribution is 5.50. The predicted molar refractivity (Wildman–Crippen MR) is 106 cm³/mol. The summed E-state index contributed by atoms with van der Waals surface area (Å²) in [5.74, 6) is 2.21. The second-order valence-electron chi connectivity index (χ2n) is 8.46. The predicted octanol–water partition coefficient (Wildman–Crippen LogP) is 3.12. The molecule has 2 aliphatic carbocycles. The fourth-order valence-electron chi connectivity index (χ4n) is 4.70. The van der Waals surface area contributed by atoms with Crippen molar-refractivity contribution in [2.45, 2.75) is 50.9 Å². The van der Waals surface area contributed by atoms with Crippen molar-refractivity contribution in [1.82, 2.24) is 19.9 Å². The molecule has 6 nitrogen and oxygen atoms in total. The van der Waals surface area contributed by atoms with Gasteiger partial charge in [0.15, 0.2) is 11.6 Å². The Labute approximate surface area is 165 Å². The molecule has 3 aliphatic rings. The Hall–Kier alpha value is -2.31. The quantitative estimate of drug-likeness (QED) is 0.792. The first-order chi connectivity index (χ1) is 13.7. The van der Waals surface area contributed by atoms with Crippen LogP contribution >= 0.6 is 0 Å². The lowest BCUT2D eigenvalue weighted by molar-refractivity contribution is 0.404. The molecule has 0 radical (unpaired) electrons. The summed E-state index contributed by atoms with van der Waals surface area (Å²) < 4.78 is 14.8. The number of hydrogen-bond acceptors (Lipinski definition) is 6. The summed E-state index contributed by atoms with van der Waals surface area (Å²) in [6.07, 6.45) is 10.9. The summed E-state index contributed by atoms with van der Waals surface area (Å²) in [6.45, 7) is 2.83. The normalized spacial score (nSPS) is 19.7. The van der Waals surface area contributed by atoms with Crippen LogP contribution in [0.15, 0.2) is 12.7 Å². The van der Waals surface area contributed by atoms with E-state index in [-0.39, 0.29) is 5.82 Å². The highest BCUT2D eigenvalue weighted by atomic mass is 19.1. The van der Waals surface area contributed by atoms with Gasteiger partial charge in [-0.2, -0.15) is 0 Å². The summed E-state index contributed by atoms with van der Waals surface area (Å²) in [5.41, 5.74) is 3.19. The monoisotopic (exact) mass is 382 g/mol. The number of aromatic nitrogens is 4. The molecule has 28 heavy (non-hydrogen) atoms. The second kappa shape index (κ2) is 7.26. The smallest absolute Gasteiger partial charge is 0.187 e. The van der Waals surface area contributed by atoms with Gasteiger partial charge in [-0.05, 0) is 50.9 Å². The van der Waals surface area contributed by atoms with Crippen LogP contribution in [0.1, 0.15) is 55.0 Å². The first-order valence-electron chi connectivity index (χ1n) is 10.5. The van der Waals surface area contributed by atoms with Gasteiger partial charge in [-0.25, -0.2) is 24.3 Å². The summed E-state index contributed by atoms with van der Waals surface area (Å²) in [4.78, 5) is 21.8. The first-order valence-corrected chi connectivity index (χ1v) is 10.5. The molecule has 3 heterocycles. The van der Waals surface area contributed by atoms with E-state index in [4.69, 9.17) is 0 Å². The van der Waals surface area contributed by atoms with Crippen molar-refractivity contribution in [3.63, 3.8) is 0 Å². The minimum absolute atomic E-state index is 0.221. The average Bonchev–Trinajstić information content (AvgIpc) is 3.44. The van der Waals surface area contributed by atoms with Gasteiger partial charge in [-0.1, -0.05) is 0 Å². The van der Waals surface area contributed by atoms with Gasteiger partial charge in [-0.15, -0.1) is 0 Å². The highest BCUT2D eigenvalue weighted by Crippen LogP contribution is 2.41. The molecule has 0 spiro atoms. The molecule has 0 atom stereocenters. The molecule has 148 valence electrons. The van der Waals surface area contributed by atoms with Crippen molar-refractivity contribution < 1.29 is 4.39 Å². The fraction of sp³-hybridized carbons (Fsp3) is 0.619. The van der Waals surface area contributed by atoms with Crippen LogP contribution in [0, 0.1) is 11.7 Å². The van der Waals surface area contributed by atoms with E-state index in [1.807, 2.05) is 11.9 Å². The van der Waals surface area contributed by atoms with Crippen LogP contribution in [-0.2, 0) is 12.8 Å². The van der Waals surface area contributed by atoms with E-state index >= 15 is 0 Å². The SMILES string of the molecule is CN(CC1CCN(c2ncnc3c2CCC3)CC1)c1ncnc(C2CC2)c1F. The molecule has 2 aromatic rings. The Balaban J connectivity index is 1.22. The van der Waals surface area contributed by atoms with Crippen LogP contribution < -0.4 is 9.80 Å². The van der Waals surface area contributed by atoms with Crippen molar-refractivity contribution >= 4 is 11.6 Å². The van der Waals surface area contributed by atoms with Crippen molar-refractivity contribution in [1.29, 1.82) is 0 Å². The van der Waals surface area contributed by atoms with E-state index in [1.54, 1.807) is 6.33 Å². The Morgan fingerprint density at radius 1 is 1.04 bits per heavy atom. The zero-order valence-electron chi connectivity index (χ0n) is 16.4. The van der Waals surface area contributed by atoms with Gasteiger partial charge in [0.1, 0.15) is 18.5 Å². The lowest BCUT2D eigenvalue weighted by Gasteiger charge is -2.35. The van der Waals surface area contributed by atoms with Gasteiger partial charge in [0.25, 0.3) is 0 Å². The molecule has 1 saturated carbocycles. The van der Waals surface area contributed by atoms with Crippen LogP contribution in [0.2, 0.25) is 0 Å². The van der Waals surface area contributed by atoms with Gasteiger partial charge in [0, 0.05) is 43.9 Å². The van der Waals surface area contributed by atoms with Gasteiger partial charge in [-0.3, -0.25) is 0 Å². The third-order valence-electron chi connectivity index (χ3n) is 6.42. The molecule has 1 aliphatic heterocycles. The van der Waals surface area contributed by atoms with Crippen LogP contribution in [0.4, 0.5) is 16.0 Å². The molecule has 0 amide bonds. The van der Waals surface area contributed by atoms with Crippen LogP contribution in [0.25, 0.3) is 0 Å². The van der Waals surface area contributed by atoms with E-state index in [2.05, 4.69) is 24.8 Å². The molecule has 7 heteroatoms. The molecule has 0 aromatic carbocycles. The largest absolute Gasteiger partial charge is 0.357 e. The Morgan fingerprint density at radius 3 is 2.61 bits per heavy atom. The number of halogens is 1. The first kappa shape index (κ1) is 17.8. The number of hydrogen-bond donors (Lipinski definition) is 0. The maximum Gasteiger partial charge on any atom is 0.187 e. The van der Waals surface area contributed by atoms with Crippen LogP contribution in [0.5, 0.6) is 0 Å². The summed E-state index contributed by atoms with van der Waals surface area (Å²) in [6, 6.07) is 0. The molecule has 2 aromatic heterocycles. The molecular formula is C21H27FN6. The Kier molecular flexibility index (Phi) is 4.61. The number of aryl methyl sites for hydroxylation is 1. The molecule has 0 bridgehead atoms. The second-order valence-corrected chi connectivity index (χ2v) is 8.46. The van der Waals surface area contributed by atoms with E-state index in [1.165, 1.54) is 24.0 Å². The molecular weight excluding hydrogens is 355 g/mol. The van der Waals surface area contributed by atoms with Crippen LogP contribution in [-0.4, -0.2) is 46.6 Å². The Morgan fingerprint density at radius 2 is 1.82 bits per heavy atom. The molecule has 1 saturated heterocycles. The zero-order valence-corrected chi connectivity index (χ0v) is 16.4. The van der Waals surface area contributed by atoms with Crippen molar-refractivity contribution in [2.75, 3.05) is 36.5 Å². The van der Waals surface area contributed by atoms with Crippen molar-refractivity contribution in [2.24, 2.45) is 5.92 Å². The maximum absolute atomic E-state index is 14.8. The molecule has 2 fully saturated rings. The minimum Gasteiger partial charge on any atom is -0.357 e. The van der Waals surface area contributed by atoms with E-state index in [9.17, 15) is 4.39 Å². The van der Waals surface area contributed by atoms with E-state index in [0.29, 0.717) is 23.3 Å². The van der Waals surface area contributed by atoms with Gasteiger partial charge < -0.3 is 9.80 Å². The van der Waals surface area contributed by atoms with Crippen molar-refractivity contribution in [3.8, 4) is 0 Å². The standard InChI is InChI=1S/C21H27FN6/c1-27(21-18(22)19(15-5-6-15)24-13-26-21)11-14-7-9-28(10-8-14)20-16-3-2-4-17(16)23-12-25-20/h12-15H,2-11H2,1H3. The lowest BCUT2D eigenvalue weighted by atomic mass is 9.96. The number of fused-ring (bicyclic) bond motifs is 1. The molecule has 0 unspecified atom stereocenters. The summed E-state index contributed by atoms with van der Waals surface area (Å²) >= 11 is 0. The Bertz CT molecular complexity index is 860. The average molecular weight is 382 g/mol. The number of rotatable bonds is 5. The van der Waals surface area contributed by atoms with Crippen molar-refractivity contribution in [3.05, 3.63) is 35.4 Å². The van der Waals surface area contributed by atoms with Gasteiger partial charge >= 0.3 is 0 Å². The molecule has 5 rings (SSSR count). The minimum atomic E-state index is -0.221. The van der Waals surface area contributed by atoms with E-state index < -0.39 is 0 Å². The van der Waals surface area contributed by atoms with Gasteiger partial charge in [0.05, 0.1) is 5.69 Å². The van der Waals surface area contributed by atoms with E-state index in [0.717, 1.165) is 64.0 Å². The summed E-state index contributed by atoms with van der Waals surface area (Å²) in [5, 5.41) is 0. The number of nitrogens with zero attached hydrogens (tertiary/aromatic N) is 6. The molecule has 0 N–H and O–H groups in total. The number of piperidine rings is 1. The third-order valence-corrected chi connectivity index (χ3v) is 6.42. The topological polar surface area (TPSA) is 58.0 Å².